The molecule has 0 aromatic heterocycles. The molecule has 21 heteroatoms. The van der Waals surface area contributed by atoms with Crippen LogP contribution in [0.2, 0.25) is 0 Å². The fourth-order valence-corrected chi connectivity index (χ4v) is 6.04. The van der Waals surface area contributed by atoms with E-state index in [1.54, 1.807) is 39.8 Å². The molecule has 1 rings (SSSR count). The molecule has 0 saturated carbocycles. The zero-order valence-corrected chi connectivity index (χ0v) is 35.8. The van der Waals surface area contributed by atoms with Gasteiger partial charge in [0.05, 0.1) is 12.6 Å². The highest BCUT2D eigenvalue weighted by molar-refractivity contribution is 5.96. The largest absolute Gasteiger partial charge is 0.508 e. The first-order valence-corrected chi connectivity index (χ1v) is 20.3. The van der Waals surface area contributed by atoms with E-state index in [1.165, 1.54) is 12.1 Å². The van der Waals surface area contributed by atoms with Crippen molar-refractivity contribution in [1.82, 2.24) is 37.2 Å². The van der Waals surface area contributed by atoms with Gasteiger partial charge in [0.2, 0.25) is 35.4 Å². The smallest absolute Gasteiger partial charge is 0.326 e. The second-order valence-electron chi connectivity index (χ2n) is 16.2. The number of hydrogen-bond donors (Lipinski definition) is 13. The van der Waals surface area contributed by atoms with Gasteiger partial charge in [-0.25, -0.2) is 4.79 Å². The van der Waals surface area contributed by atoms with Crippen LogP contribution in [0.4, 0.5) is 0 Å². The number of phenolic OH excluding ortho intramolecular Hbond substituents is 1. The fraction of sp³-hybridized carbons (Fsp3) is 0.625. The van der Waals surface area contributed by atoms with Crippen LogP contribution in [0.15, 0.2) is 24.3 Å². The van der Waals surface area contributed by atoms with E-state index in [0.717, 1.165) is 0 Å². The van der Waals surface area contributed by atoms with E-state index in [4.69, 9.17) is 16.9 Å². The summed E-state index contributed by atoms with van der Waals surface area (Å²) in [4.78, 5) is 103. The molecule has 0 unspecified atom stereocenters. The molecule has 0 radical (unpaired) electrons. The third kappa shape index (κ3) is 22.3. The second kappa shape index (κ2) is 27.0. The van der Waals surface area contributed by atoms with Gasteiger partial charge in [-0.05, 0) is 80.4 Å². The molecule has 0 spiro atoms. The molecule has 0 aliphatic rings. The molecule has 342 valence electrons. The molecule has 0 heterocycles. The second-order valence-corrected chi connectivity index (χ2v) is 16.2. The van der Waals surface area contributed by atoms with E-state index in [9.17, 15) is 53.7 Å². The number of carbonyl (C=O) groups excluding carboxylic acids is 6. The minimum absolute atomic E-state index is 0.0273. The van der Waals surface area contributed by atoms with Gasteiger partial charge in [0.1, 0.15) is 36.0 Å². The van der Waals surface area contributed by atoms with Crippen LogP contribution in [0.3, 0.4) is 0 Å². The molecule has 61 heavy (non-hydrogen) atoms. The predicted molar refractivity (Wildman–Crippen MR) is 224 cm³/mol. The Labute approximate surface area is 356 Å². The van der Waals surface area contributed by atoms with Gasteiger partial charge in [-0.15, -0.1) is 0 Å². The lowest BCUT2D eigenvalue weighted by molar-refractivity contribution is -0.142. The van der Waals surface area contributed by atoms with Crippen LogP contribution < -0.4 is 48.7 Å². The van der Waals surface area contributed by atoms with E-state index in [1.807, 2.05) is 13.8 Å². The topological polar surface area (TPSA) is 357 Å². The van der Waals surface area contributed by atoms with Gasteiger partial charge in [-0.3, -0.25) is 39.0 Å². The van der Waals surface area contributed by atoms with Gasteiger partial charge in [-0.2, -0.15) is 0 Å². The normalized spacial score (nSPS) is 14.1. The molecule has 0 fully saturated rings. The number of guanidine groups is 1. The van der Waals surface area contributed by atoms with Gasteiger partial charge >= 0.3 is 11.9 Å². The number of hydrogen-bond acceptors (Lipinski definition) is 11. The number of benzene rings is 1. The number of rotatable bonds is 28. The maximum atomic E-state index is 13.7. The molecule has 0 aliphatic heterocycles. The van der Waals surface area contributed by atoms with Gasteiger partial charge in [0.15, 0.2) is 5.96 Å². The molecule has 6 atom stereocenters. The van der Waals surface area contributed by atoms with Gasteiger partial charge in [0.25, 0.3) is 0 Å². The van der Waals surface area contributed by atoms with Crippen molar-refractivity contribution in [2.45, 2.75) is 129 Å². The quantitative estimate of drug-likeness (QED) is 0.0278. The summed E-state index contributed by atoms with van der Waals surface area (Å²) in [5.74, 6) is -7.91. The highest BCUT2D eigenvalue weighted by Gasteiger charge is 2.33. The van der Waals surface area contributed by atoms with Crippen LogP contribution in [0.1, 0.15) is 92.1 Å². The lowest BCUT2D eigenvalue weighted by atomic mass is 10.00. The third-order valence-corrected chi connectivity index (χ3v) is 9.07. The number of amides is 6. The first-order valence-electron chi connectivity index (χ1n) is 20.3. The number of aromatic hydroxyl groups is 1. The standard InChI is InChI=1S/C40H66N10O11/c1-21(2)16-29(49-34(55)26(41)19-24-9-11-25(51)12-10-24)35(56)45-20-32(52)46-30(17-22(3)4)37(58)47-27(13-14-33(53)54)36(57)50-31(18-23(5)6)38(59)48-28(39(60)61)8-7-15-44-40(42)43/h9-12,21-23,26-31,51H,7-8,13-20,41H2,1-6H3,(H,45,56)(H,46,52)(H,47,58)(H,48,59)(H,49,55)(H,50,57)(H,53,54)(H,60,61)(H4,42,43,44)/t26-,27-,28-,29-,30-,31-/m0/s1. The molecule has 1 aromatic carbocycles. The maximum Gasteiger partial charge on any atom is 0.326 e. The summed E-state index contributed by atoms with van der Waals surface area (Å²) < 4.78 is 0. The first kappa shape index (κ1) is 53.0. The van der Waals surface area contributed by atoms with Gasteiger partial charge < -0.3 is 64.0 Å². The van der Waals surface area contributed by atoms with Crippen molar-refractivity contribution < 1.29 is 53.7 Å². The van der Waals surface area contributed by atoms with Crippen LogP contribution >= 0.6 is 0 Å². The van der Waals surface area contributed by atoms with E-state index >= 15 is 0 Å². The van der Waals surface area contributed by atoms with Crippen LogP contribution in [-0.2, 0) is 44.8 Å². The summed E-state index contributed by atoms with van der Waals surface area (Å²) in [6.45, 7) is 10.3. The van der Waals surface area contributed by atoms with Crippen molar-refractivity contribution in [3.63, 3.8) is 0 Å². The summed E-state index contributed by atoms with van der Waals surface area (Å²) in [5, 5.41) is 53.5. The molecule has 0 bridgehead atoms. The van der Waals surface area contributed by atoms with E-state index in [-0.39, 0.29) is 74.5 Å². The van der Waals surface area contributed by atoms with Gasteiger partial charge in [-0.1, -0.05) is 53.7 Å². The van der Waals surface area contributed by atoms with Crippen LogP contribution in [0.25, 0.3) is 0 Å². The van der Waals surface area contributed by atoms with Crippen molar-refractivity contribution in [3.8, 4) is 5.75 Å². The average molecular weight is 863 g/mol. The number of carboxylic acids is 2. The molecule has 15 N–H and O–H groups in total. The Morgan fingerprint density at radius 3 is 1.57 bits per heavy atom. The Hall–Kier alpha value is -5.99. The number of carbonyl (C=O) groups is 8. The lowest BCUT2D eigenvalue weighted by Crippen LogP contribution is -2.58. The number of aliphatic carboxylic acids is 2. The van der Waals surface area contributed by atoms with E-state index < -0.39 is 103 Å². The Bertz CT molecular complexity index is 1660. The van der Waals surface area contributed by atoms with E-state index in [0.29, 0.717) is 5.56 Å². The molecule has 6 amide bonds. The van der Waals surface area contributed by atoms with Crippen molar-refractivity contribution in [1.29, 1.82) is 5.41 Å². The SMILES string of the molecule is CC(C)C[C@H](NC(=O)CNC(=O)[C@H](CC(C)C)NC(=O)[C@@H](N)Cc1ccc(O)cc1)C(=O)N[C@@H](CCC(=O)O)C(=O)N[C@@H](CC(C)C)C(=O)N[C@@H](CCCNC(=N)N)C(=O)O. The summed E-state index contributed by atoms with van der Waals surface area (Å²) >= 11 is 0. The van der Waals surface area contributed by atoms with Crippen molar-refractivity contribution >= 4 is 53.3 Å². The molecule has 0 aliphatic carbocycles. The van der Waals surface area contributed by atoms with Crippen LogP contribution in [0, 0.1) is 23.2 Å². The zero-order chi connectivity index (χ0) is 46.4. The monoisotopic (exact) mass is 862 g/mol. The Kier molecular flexibility index (Phi) is 23.4. The Morgan fingerprint density at radius 2 is 1.08 bits per heavy atom. The average Bonchev–Trinajstić information content (AvgIpc) is 3.15. The number of nitrogens with one attached hydrogen (secondary N) is 8. The fourth-order valence-electron chi connectivity index (χ4n) is 6.04. The lowest BCUT2D eigenvalue weighted by Gasteiger charge is -2.27. The third-order valence-electron chi connectivity index (χ3n) is 9.07. The Balaban J connectivity index is 3.10. The number of phenols is 1. The molecule has 21 nitrogen and oxygen atoms in total. The van der Waals surface area contributed by atoms with Crippen molar-refractivity contribution in [3.05, 3.63) is 29.8 Å². The van der Waals surface area contributed by atoms with Crippen LogP contribution in [-0.4, -0.2) is 118 Å². The summed E-state index contributed by atoms with van der Waals surface area (Å²) in [6.07, 6.45) is -0.280. The minimum atomic E-state index is -1.49. The van der Waals surface area contributed by atoms with Crippen molar-refractivity contribution in [2.75, 3.05) is 13.1 Å². The predicted octanol–water partition coefficient (Wildman–Crippen LogP) is -0.847. The Morgan fingerprint density at radius 1 is 0.623 bits per heavy atom. The number of nitrogens with two attached hydrogens (primary N) is 2. The summed E-state index contributed by atoms with van der Waals surface area (Å²) in [7, 11) is 0. The molecule has 1 aromatic rings. The number of carboxylic acid groups (broad SMARTS) is 2. The highest BCUT2D eigenvalue weighted by atomic mass is 16.4. The van der Waals surface area contributed by atoms with Gasteiger partial charge in [0, 0.05) is 13.0 Å². The molecule has 0 saturated heterocycles. The van der Waals surface area contributed by atoms with E-state index in [2.05, 4.69) is 37.2 Å². The zero-order valence-electron chi connectivity index (χ0n) is 35.8. The maximum absolute atomic E-state index is 13.7. The molecular weight excluding hydrogens is 796 g/mol. The van der Waals surface area contributed by atoms with Crippen molar-refractivity contribution in [2.24, 2.45) is 29.2 Å². The summed E-state index contributed by atoms with van der Waals surface area (Å²) in [5.41, 5.74) is 12.0. The summed E-state index contributed by atoms with van der Waals surface area (Å²) in [6, 6.07) is -1.30. The first-order chi connectivity index (χ1) is 28.5. The molecular formula is C40H66N10O11. The van der Waals surface area contributed by atoms with Crippen LogP contribution in [0.5, 0.6) is 5.75 Å². The highest BCUT2D eigenvalue weighted by Crippen LogP contribution is 2.13. The minimum Gasteiger partial charge on any atom is -0.508 e.